The van der Waals surface area contributed by atoms with Crippen molar-refractivity contribution in [1.29, 1.82) is 0 Å². The fourth-order valence-corrected chi connectivity index (χ4v) is 1.50. The Morgan fingerprint density at radius 2 is 2.18 bits per heavy atom. The summed E-state index contributed by atoms with van der Waals surface area (Å²) < 4.78 is 7.27. The zero-order valence-electron chi connectivity index (χ0n) is 9.73. The Balaban J connectivity index is 2.11. The van der Waals surface area contributed by atoms with Crippen LogP contribution in [0.4, 0.5) is 0 Å². The molecule has 0 fully saturated rings. The lowest BCUT2D eigenvalue weighted by atomic mass is 10.2. The summed E-state index contributed by atoms with van der Waals surface area (Å²) in [6.45, 7) is 2.59. The van der Waals surface area contributed by atoms with Crippen molar-refractivity contribution >= 4 is 6.08 Å². The van der Waals surface area contributed by atoms with Gasteiger partial charge in [-0.15, -0.1) is 0 Å². The van der Waals surface area contributed by atoms with Gasteiger partial charge in [0.05, 0.1) is 0 Å². The molecule has 0 aliphatic heterocycles. The molecule has 2 aromatic rings. The molecular weight excluding hydrogens is 214 g/mol. The minimum absolute atomic E-state index is 0.206. The van der Waals surface area contributed by atoms with Gasteiger partial charge in [0.25, 0.3) is 0 Å². The van der Waals surface area contributed by atoms with Crippen molar-refractivity contribution in [3.8, 4) is 0 Å². The van der Waals surface area contributed by atoms with E-state index >= 15 is 0 Å². The Morgan fingerprint density at radius 1 is 1.35 bits per heavy atom. The number of hydrogen-bond donors (Lipinski definition) is 0. The molecule has 0 amide bonds. The summed E-state index contributed by atoms with van der Waals surface area (Å²) in [6, 6.07) is 10.1. The molecule has 4 nitrogen and oxygen atoms in total. The molecule has 1 aromatic heterocycles. The minimum atomic E-state index is -0.206. The average molecular weight is 229 g/mol. The SMILES string of the molecule is CCOC(/C=C/c1ccccc1)n1cncn1. The Bertz CT molecular complexity index is 451. The molecule has 0 aliphatic carbocycles. The fourth-order valence-electron chi connectivity index (χ4n) is 1.50. The van der Waals surface area contributed by atoms with Crippen molar-refractivity contribution in [2.75, 3.05) is 6.61 Å². The first-order valence-corrected chi connectivity index (χ1v) is 5.59. The topological polar surface area (TPSA) is 39.9 Å². The molecule has 0 saturated carbocycles. The van der Waals surface area contributed by atoms with E-state index in [0.717, 1.165) is 5.56 Å². The van der Waals surface area contributed by atoms with Gasteiger partial charge in [0.15, 0.2) is 6.23 Å². The van der Waals surface area contributed by atoms with Crippen LogP contribution in [0.15, 0.2) is 49.1 Å². The van der Waals surface area contributed by atoms with Crippen LogP contribution in [0.25, 0.3) is 6.08 Å². The first kappa shape index (κ1) is 11.5. The monoisotopic (exact) mass is 229 g/mol. The second-order valence-corrected chi connectivity index (χ2v) is 3.49. The van der Waals surface area contributed by atoms with Crippen molar-refractivity contribution in [3.05, 3.63) is 54.6 Å². The molecule has 0 aliphatic rings. The van der Waals surface area contributed by atoms with Gasteiger partial charge in [-0.25, -0.2) is 9.67 Å². The molecule has 17 heavy (non-hydrogen) atoms. The van der Waals surface area contributed by atoms with Gasteiger partial charge < -0.3 is 4.74 Å². The quantitative estimate of drug-likeness (QED) is 0.791. The van der Waals surface area contributed by atoms with Crippen LogP contribution in [0.3, 0.4) is 0 Å². The molecular formula is C13H15N3O. The number of hydrogen-bond acceptors (Lipinski definition) is 3. The van der Waals surface area contributed by atoms with E-state index in [2.05, 4.69) is 10.1 Å². The fraction of sp³-hybridized carbons (Fsp3) is 0.231. The van der Waals surface area contributed by atoms with Crippen LogP contribution in [0.2, 0.25) is 0 Å². The highest BCUT2D eigenvalue weighted by atomic mass is 16.5. The summed E-state index contributed by atoms with van der Waals surface area (Å²) >= 11 is 0. The van der Waals surface area contributed by atoms with Crippen molar-refractivity contribution in [3.63, 3.8) is 0 Å². The maximum atomic E-state index is 5.58. The molecule has 88 valence electrons. The summed E-state index contributed by atoms with van der Waals surface area (Å²) in [5.41, 5.74) is 1.14. The molecule has 0 bridgehead atoms. The number of benzene rings is 1. The minimum Gasteiger partial charge on any atom is -0.353 e. The van der Waals surface area contributed by atoms with Crippen molar-refractivity contribution in [1.82, 2.24) is 14.8 Å². The van der Waals surface area contributed by atoms with Crippen molar-refractivity contribution in [2.24, 2.45) is 0 Å². The molecule has 0 saturated heterocycles. The lowest BCUT2D eigenvalue weighted by Gasteiger charge is -2.12. The van der Waals surface area contributed by atoms with Crippen molar-refractivity contribution in [2.45, 2.75) is 13.2 Å². The number of ether oxygens (including phenoxy) is 1. The van der Waals surface area contributed by atoms with Crippen LogP contribution in [0.1, 0.15) is 18.7 Å². The highest BCUT2D eigenvalue weighted by molar-refractivity contribution is 5.48. The zero-order chi connectivity index (χ0) is 11.9. The normalized spacial score (nSPS) is 13.0. The predicted octanol–water partition coefficient (Wildman–Crippen LogP) is 2.53. The Hall–Kier alpha value is -1.94. The first-order valence-electron chi connectivity index (χ1n) is 5.59. The third-order valence-corrected chi connectivity index (χ3v) is 2.29. The van der Waals surface area contributed by atoms with E-state index in [-0.39, 0.29) is 6.23 Å². The van der Waals surface area contributed by atoms with Gasteiger partial charge in [0.2, 0.25) is 0 Å². The molecule has 0 N–H and O–H groups in total. The summed E-state index contributed by atoms with van der Waals surface area (Å²) in [5.74, 6) is 0. The first-order chi connectivity index (χ1) is 8.40. The molecule has 1 heterocycles. The van der Waals surface area contributed by atoms with E-state index in [4.69, 9.17) is 4.74 Å². The van der Waals surface area contributed by atoms with Gasteiger partial charge in [-0.3, -0.25) is 0 Å². The van der Waals surface area contributed by atoms with Crippen LogP contribution in [0, 0.1) is 0 Å². The molecule has 1 atom stereocenters. The van der Waals surface area contributed by atoms with Gasteiger partial charge in [-0.1, -0.05) is 36.4 Å². The highest BCUT2D eigenvalue weighted by Gasteiger charge is 2.06. The third kappa shape index (κ3) is 3.26. The smallest absolute Gasteiger partial charge is 0.171 e. The van der Waals surface area contributed by atoms with E-state index in [1.165, 1.54) is 6.33 Å². The standard InChI is InChI=1S/C13H15N3O/c1-2-17-13(16-11-14-10-15-16)9-8-12-6-4-3-5-7-12/h3-11,13H,2H2,1H3/b9-8+. The molecule has 1 unspecified atom stereocenters. The largest absolute Gasteiger partial charge is 0.353 e. The second kappa shape index (κ2) is 5.96. The summed E-state index contributed by atoms with van der Waals surface area (Å²) in [7, 11) is 0. The Kier molecular flexibility index (Phi) is 4.05. The van der Waals surface area contributed by atoms with Crippen LogP contribution >= 0.6 is 0 Å². The van der Waals surface area contributed by atoms with E-state index in [1.54, 1.807) is 11.0 Å². The van der Waals surface area contributed by atoms with Crippen LogP contribution < -0.4 is 0 Å². The van der Waals surface area contributed by atoms with Crippen LogP contribution in [0.5, 0.6) is 0 Å². The Labute approximate surface area is 101 Å². The van der Waals surface area contributed by atoms with Gasteiger partial charge in [-0.05, 0) is 18.6 Å². The maximum Gasteiger partial charge on any atom is 0.171 e. The Morgan fingerprint density at radius 3 is 2.82 bits per heavy atom. The molecule has 2 rings (SSSR count). The van der Waals surface area contributed by atoms with E-state index in [0.29, 0.717) is 6.61 Å². The summed E-state index contributed by atoms with van der Waals surface area (Å²) in [4.78, 5) is 3.92. The summed E-state index contributed by atoms with van der Waals surface area (Å²) in [5, 5.41) is 4.08. The van der Waals surface area contributed by atoms with Gasteiger partial charge in [-0.2, -0.15) is 5.10 Å². The number of nitrogens with zero attached hydrogens (tertiary/aromatic N) is 3. The lowest BCUT2D eigenvalue weighted by molar-refractivity contribution is 0.0383. The number of rotatable bonds is 5. The van der Waals surface area contributed by atoms with Crippen LogP contribution in [-0.2, 0) is 4.74 Å². The molecule has 4 heteroatoms. The molecule has 0 radical (unpaired) electrons. The predicted molar refractivity (Wildman–Crippen MR) is 66.2 cm³/mol. The van der Waals surface area contributed by atoms with E-state index < -0.39 is 0 Å². The van der Waals surface area contributed by atoms with E-state index in [1.807, 2.05) is 49.4 Å². The highest BCUT2D eigenvalue weighted by Crippen LogP contribution is 2.11. The lowest BCUT2D eigenvalue weighted by Crippen LogP contribution is -2.10. The second-order valence-electron chi connectivity index (χ2n) is 3.49. The van der Waals surface area contributed by atoms with Crippen molar-refractivity contribution < 1.29 is 4.74 Å². The van der Waals surface area contributed by atoms with Crippen LogP contribution in [-0.4, -0.2) is 21.4 Å². The number of aromatic nitrogens is 3. The summed E-state index contributed by atoms with van der Waals surface area (Å²) in [6.07, 6.45) is 6.93. The average Bonchev–Trinajstić information content (AvgIpc) is 2.89. The van der Waals surface area contributed by atoms with E-state index in [9.17, 15) is 0 Å². The molecule has 0 spiro atoms. The third-order valence-electron chi connectivity index (χ3n) is 2.29. The molecule has 1 aromatic carbocycles. The van der Waals surface area contributed by atoms with Gasteiger partial charge in [0, 0.05) is 6.61 Å². The van der Waals surface area contributed by atoms with Gasteiger partial charge in [0.1, 0.15) is 12.7 Å². The maximum absolute atomic E-state index is 5.58. The van der Waals surface area contributed by atoms with Gasteiger partial charge >= 0.3 is 0 Å². The zero-order valence-corrected chi connectivity index (χ0v) is 9.73.